The van der Waals surface area contributed by atoms with Gasteiger partial charge in [0.1, 0.15) is 0 Å². The summed E-state index contributed by atoms with van der Waals surface area (Å²) >= 11 is 1.93. The fourth-order valence-electron chi connectivity index (χ4n) is 1.83. The third-order valence-corrected chi connectivity index (χ3v) is 4.21. The van der Waals surface area contributed by atoms with Crippen LogP contribution in [0.4, 0.5) is 0 Å². The van der Waals surface area contributed by atoms with Gasteiger partial charge in [0.05, 0.1) is 5.56 Å². The molecule has 0 aromatic carbocycles. The van der Waals surface area contributed by atoms with E-state index in [1.54, 1.807) is 6.07 Å². The number of carbonyl (C=O) groups excluding carboxylic acids is 1. The molecule has 0 saturated carbocycles. The summed E-state index contributed by atoms with van der Waals surface area (Å²) in [6.45, 7) is 0.711. The molecule has 92 valence electrons. The topological polar surface area (TPSA) is 62.0 Å². The summed E-state index contributed by atoms with van der Waals surface area (Å²) in [5.41, 5.74) is 0.315. The first-order valence-corrected chi connectivity index (χ1v) is 6.89. The minimum absolute atomic E-state index is 0.118. The molecule has 1 aliphatic rings. The van der Waals surface area contributed by atoms with Crippen LogP contribution in [-0.2, 0) is 0 Å². The summed E-state index contributed by atoms with van der Waals surface area (Å²) in [6, 6.07) is 2.91. The quantitative estimate of drug-likeness (QED) is 0.854. The van der Waals surface area contributed by atoms with Crippen LogP contribution in [0.2, 0.25) is 0 Å². The smallest absolute Gasteiger partial charge is 0.252 e. The molecule has 0 spiro atoms. The fourth-order valence-corrected chi connectivity index (χ4v) is 3.07. The molecule has 1 atom stereocenters. The Morgan fingerprint density at radius 2 is 2.35 bits per heavy atom. The van der Waals surface area contributed by atoms with Crippen molar-refractivity contribution >= 4 is 17.7 Å². The van der Waals surface area contributed by atoms with Crippen LogP contribution in [0.3, 0.4) is 0 Å². The first-order valence-electron chi connectivity index (χ1n) is 5.84. The molecule has 0 aliphatic carbocycles. The molecule has 17 heavy (non-hydrogen) atoms. The number of amides is 1. The number of rotatable bonds is 3. The third-order valence-electron chi connectivity index (χ3n) is 2.81. The van der Waals surface area contributed by atoms with Crippen molar-refractivity contribution in [3.63, 3.8) is 0 Å². The van der Waals surface area contributed by atoms with E-state index >= 15 is 0 Å². The Kier molecular flexibility index (Phi) is 4.25. The average molecular weight is 252 g/mol. The lowest BCUT2D eigenvalue weighted by molar-refractivity contribution is 0.0953. The molecule has 1 unspecified atom stereocenters. The van der Waals surface area contributed by atoms with Gasteiger partial charge >= 0.3 is 0 Å². The van der Waals surface area contributed by atoms with Crippen LogP contribution < -0.4 is 10.9 Å². The normalized spacial score (nSPS) is 19.9. The number of carbonyl (C=O) groups is 1. The van der Waals surface area contributed by atoms with Gasteiger partial charge < -0.3 is 10.3 Å². The van der Waals surface area contributed by atoms with Gasteiger partial charge in [0.15, 0.2) is 0 Å². The maximum absolute atomic E-state index is 11.8. The van der Waals surface area contributed by atoms with Gasteiger partial charge in [0, 0.05) is 24.1 Å². The zero-order chi connectivity index (χ0) is 12.1. The molecule has 1 amide bonds. The lowest BCUT2D eigenvalue weighted by Gasteiger charge is -2.21. The van der Waals surface area contributed by atoms with E-state index in [1.807, 2.05) is 11.8 Å². The van der Waals surface area contributed by atoms with E-state index in [2.05, 4.69) is 10.3 Å². The first kappa shape index (κ1) is 12.2. The Labute approximate surface area is 104 Å². The average Bonchev–Trinajstić information content (AvgIpc) is 2.38. The van der Waals surface area contributed by atoms with Crippen molar-refractivity contribution in [1.82, 2.24) is 10.3 Å². The lowest BCUT2D eigenvalue weighted by Crippen LogP contribution is -2.32. The molecule has 2 N–H and O–H groups in total. The fraction of sp³-hybridized carbons (Fsp3) is 0.500. The summed E-state index contributed by atoms with van der Waals surface area (Å²) in [7, 11) is 0. The number of nitrogens with one attached hydrogen (secondary N) is 2. The second kappa shape index (κ2) is 5.91. The molecular formula is C12H16N2O2S. The zero-order valence-electron chi connectivity index (χ0n) is 9.57. The minimum Gasteiger partial charge on any atom is -0.351 e. The van der Waals surface area contributed by atoms with Crippen LogP contribution in [0, 0.1) is 0 Å². The van der Waals surface area contributed by atoms with Crippen LogP contribution in [0.1, 0.15) is 29.6 Å². The van der Waals surface area contributed by atoms with Crippen molar-refractivity contribution in [2.75, 3.05) is 12.3 Å². The van der Waals surface area contributed by atoms with Gasteiger partial charge in [-0.25, -0.2) is 0 Å². The Morgan fingerprint density at radius 1 is 1.47 bits per heavy atom. The number of aromatic amines is 1. The second-order valence-corrected chi connectivity index (χ2v) is 5.55. The Balaban J connectivity index is 1.84. The molecule has 0 bridgehead atoms. The zero-order valence-corrected chi connectivity index (χ0v) is 10.4. The molecule has 2 heterocycles. The first-order chi connectivity index (χ1) is 8.25. The maximum Gasteiger partial charge on any atom is 0.252 e. The number of thioether (sulfide) groups is 1. The number of aromatic nitrogens is 1. The molecule has 1 aromatic heterocycles. The predicted molar refractivity (Wildman–Crippen MR) is 69.5 cm³/mol. The molecule has 4 nitrogen and oxygen atoms in total. The molecular weight excluding hydrogens is 236 g/mol. The van der Waals surface area contributed by atoms with Crippen molar-refractivity contribution in [1.29, 1.82) is 0 Å². The van der Waals surface area contributed by atoms with Gasteiger partial charge in [-0.2, -0.15) is 11.8 Å². The highest BCUT2D eigenvalue weighted by atomic mass is 32.2. The van der Waals surface area contributed by atoms with Gasteiger partial charge in [-0.15, -0.1) is 0 Å². The van der Waals surface area contributed by atoms with Crippen molar-refractivity contribution < 1.29 is 4.79 Å². The van der Waals surface area contributed by atoms with E-state index in [0.29, 0.717) is 17.4 Å². The Hall–Kier alpha value is -1.23. The van der Waals surface area contributed by atoms with E-state index in [1.165, 1.54) is 37.3 Å². The number of pyridine rings is 1. The van der Waals surface area contributed by atoms with E-state index in [9.17, 15) is 9.59 Å². The molecule has 1 fully saturated rings. The largest absolute Gasteiger partial charge is 0.351 e. The van der Waals surface area contributed by atoms with Crippen LogP contribution in [0.5, 0.6) is 0 Å². The van der Waals surface area contributed by atoms with Crippen molar-refractivity contribution in [3.05, 3.63) is 34.2 Å². The van der Waals surface area contributed by atoms with Crippen LogP contribution >= 0.6 is 11.8 Å². The van der Waals surface area contributed by atoms with Gasteiger partial charge in [0.2, 0.25) is 5.56 Å². The molecule has 1 aromatic rings. The van der Waals surface area contributed by atoms with E-state index in [0.717, 1.165) is 0 Å². The monoisotopic (exact) mass is 252 g/mol. The predicted octanol–water partition coefficient (Wildman–Crippen LogP) is 1.39. The SMILES string of the molecule is O=C(NCC1CCCCS1)c1ccc(=O)[nH]c1. The standard InChI is InChI=1S/C12H16N2O2S/c15-11-5-4-9(7-13-11)12(16)14-8-10-3-1-2-6-17-10/h4-5,7,10H,1-3,6,8H2,(H,13,15)(H,14,16). The minimum atomic E-state index is -0.190. The Bertz CT molecular complexity index is 418. The highest BCUT2D eigenvalue weighted by molar-refractivity contribution is 7.99. The number of H-pyrrole nitrogens is 1. The molecule has 2 rings (SSSR count). The maximum atomic E-state index is 11.8. The number of hydrogen-bond donors (Lipinski definition) is 2. The van der Waals surface area contributed by atoms with Crippen LogP contribution in [0.15, 0.2) is 23.1 Å². The molecule has 1 aliphatic heterocycles. The summed E-state index contributed by atoms with van der Waals surface area (Å²) in [6.07, 6.45) is 5.17. The van der Waals surface area contributed by atoms with Gasteiger partial charge in [-0.1, -0.05) is 6.42 Å². The highest BCUT2D eigenvalue weighted by Crippen LogP contribution is 2.24. The van der Waals surface area contributed by atoms with E-state index in [4.69, 9.17) is 0 Å². The van der Waals surface area contributed by atoms with Gasteiger partial charge in [-0.3, -0.25) is 9.59 Å². The Morgan fingerprint density at radius 3 is 3.00 bits per heavy atom. The van der Waals surface area contributed by atoms with Crippen LogP contribution in [-0.4, -0.2) is 28.4 Å². The summed E-state index contributed by atoms with van der Waals surface area (Å²) < 4.78 is 0. The summed E-state index contributed by atoms with van der Waals surface area (Å²) in [5.74, 6) is 1.08. The third kappa shape index (κ3) is 3.63. The van der Waals surface area contributed by atoms with Crippen LogP contribution in [0.25, 0.3) is 0 Å². The highest BCUT2D eigenvalue weighted by Gasteiger charge is 2.15. The molecule has 1 saturated heterocycles. The van der Waals surface area contributed by atoms with E-state index < -0.39 is 0 Å². The van der Waals surface area contributed by atoms with Gasteiger partial charge in [-0.05, 0) is 24.7 Å². The lowest BCUT2D eigenvalue weighted by atomic mass is 10.2. The summed E-state index contributed by atoms with van der Waals surface area (Å²) in [5, 5.41) is 3.44. The van der Waals surface area contributed by atoms with Crippen molar-refractivity contribution in [2.45, 2.75) is 24.5 Å². The summed E-state index contributed by atoms with van der Waals surface area (Å²) in [4.78, 5) is 25.1. The van der Waals surface area contributed by atoms with Crippen molar-refractivity contribution in [3.8, 4) is 0 Å². The van der Waals surface area contributed by atoms with E-state index in [-0.39, 0.29) is 11.5 Å². The molecule has 5 heteroatoms. The second-order valence-electron chi connectivity index (χ2n) is 4.14. The number of hydrogen-bond acceptors (Lipinski definition) is 3. The van der Waals surface area contributed by atoms with Gasteiger partial charge in [0.25, 0.3) is 5.91 Å². The van der Waals surface area contributed by atoms with Crippen molar-refractivity contribution in [2.24, 2.45) is 0 Å². The molecule has 0 radical (unpaired) electrons.